The fraction of sp³-hybridized carbons (Fsp3) is 0.486. The number of rotatable bonds is 11. The molecule has 1 aromatic heterocycles. The standard InChI is InChI=1S/C37H41F7N4O4/c1-3-4-17-50-25-8-5-7-24(18-25)30(45)21-48-23(2)47(20-27-28(36(39,40)41)9-6-10-29(27)38)31-22-51-35(33(31)34(48)49)13-15-46(16-14-35)19-26-11-12-32(52-26)37(42,43)44/h5-12,18,23,30H,3-4,13-17,19-22,45H2,1-2H3. The molecule has 1 fully saturated rings. The van der Waals surface area contributed by atoms with E-state index in [4.69, 9.17) is 19.6 Å². The van der Waals surface area contributed by atoms with Crippen molar-refractivity contribution in [2.75, 3.05) is 32.8 Å². The predicted octanol–water partition coefficient (Wildman–Crippen LogP) is 7.64. The molecule has 3 aliphatic heterocycles. The first-order valence-corrected chi connectivity index (χ1v) is 17.3. The summed E-state index contributed by atoms with van der Waals surface area (Å²) in [5.41, 5.74) is 5.23. The normalized spacial score (nSPS) is 20.2. The molecule has 0 radical (unpaired) electrons. The van der Waals surface area contributed by atoms with Gasteiger partial charge >= 0.3 is 12.4 Å². The van der Waals surface area contributed by atoms with Crippen LogP contribution in [0, 0.1) is 5.82 Å². The molecule has 2 aromatic carbocycles. The largest absolute Gasteiger partial charge is 0.494 e. The van der Waals surface area contributed by atoms with Gasteiger partial charge in [0.1, 0.15) is 29.1 Å². The molecule has 282 valence electrons. The van der Waals surface area contributed by atoms with E-state index in [-0.39, 0.29) is 49.8 Å². The molecule has 6 rings (SSSR count). The van der Waals surface area contributed by atoms with Crippen molar-refractivity contribution in [1.82, 2.24) is 14.7 Å². The Morgan fingerprint density at radius 2 is 1.71 bits per heavy atom. The topological polar surface area (TPSA) is 84.4 Å². The lowest BCUT2D eigenvalue weighted by Gasteiger charge is -2.47. The van der Waals surface area contributed by atoms with Crippen LogP contribution >= 0.6 is 0 Å². The summed E-state index contributed by atoms with van der Waals surface area (Å²) in [5.74, 6) is -1.76. The van der Waals surface area contributed by atoms with Crippen LogP contribution in [-0.4, -0.2) is 65.2 Å². The van der Waals surface area contributed by atoms with Gasteiger partial charge in [-0.05, 0) is 68.1 Å². The third-order valence-corrected chi connectivity index (χ3v) is 10.1. The summed E-state index contributed by atoms with van der Waals surface area (Å²) in [6.45, 7) is 4.40. The lowest BCUT2D eigenvalue weighted by Crippen LogP contribution is -2.58. The van der Waals surface area contributed by atoms with Gasteiger partial charge < -0.3 is 29.4 Å². The summed E-state index contributed by atoms with van der Waals surface area (Å²) in [7, 11) is 0. The predicted molar refractivity (Wildman–Crippen MR) is 176 cm³/mol. The number of piperidine rings is 1. The number of hydrogen-bond donors (Lipinski definition) is 1. The average molecular weight is 739 g/mol. The number of ether oxygens (including phenoxy) is 2. The van der Waals surface area contributed by atoms with E-state index in [9.17, 15) is 31.1 Å². The zero-order valence-electron chi connectivity index (χ0n) is 28.8. The van der Waals surface area contributed by atoms with E-state index < -0.39 is 59.4 Å². The van der Waals surface area contributed by atoms with E-state index >= 15 is 4.39 Å². The Labute approximate surface area is 296 Å². The summed E-state index contributed by atoms with van der Waals surface area (Å²) in [4.78, 5) is 19.5. The fourth-order valence-corrected chi connectivity index (χ4v) is 7.27. The number of amides is 1. The highest BCUT2D eigenvalue weighted by atomic mass is 19.4. The molecule has 3 aromatic rings. The first kappa shape index (κ1) is 37.7. The Hall–Kier alpha value is -4.08. The number of likely N-dealkylation sites (tertiary alicyclic amines) is 1. The molecule has 0 aliphatic carbocycles. The zero-order valence-corrected chi connectivity index (χ0v) is 28.8. The number of carbonyl (C=O) groups excluding carboxylic acids is 1. The van der Waals surface area contributed by atoms with Crippen LogP contribution in [0.1, 0.15) is 73.8 Å². The van der Waals surface area contributed by atoms with Crippen molar-refractivity contribution in [2.24, 2.45) is 5.73 Å². The van der Waals surface area contributed by atoms with Gasteiger partial charge in [0, 0.05) is 37.8 Å². The molecule has 0 saturated carbocycles. The Morgan fingerprint density at radius 1 is 0.981 bits per heavy atom. The SMILES string of the molecule is CCCCOc1cccc(C(N)CN2C(=O)C3=C(COC34CCN(Cc3ccc(C(F)(F)F)o3)CC4)N(Cc3c(F)cccc3C(F)(F)F)C2C)c1. The lowest BCUT2D eigenvalue weighted by atomic mass is 9.82. The van der Waals surface area contributed by atoms with Crippen molar-refractivity contribution >= 4 is 5.91 Å². The molecule has 0 bridgehead atoms. The van der Waals surface area contributed by atoms with E-state index in [0.29, 0.717) is 36.7 Å². The maximum Gasteiger partial charge on any atom is 0.449 e. The van der Waals surface area contributed by atoms with Crippen LogP contribution in [0.4, 0.5) is 30.7 Å². The van der Waals surface area contributed by atoms with Gasteiger partial charge in [0.05, 0.1) is 36.6 Å². The number of nitrogens with two attached hydrogens (primary N) is 1. The van der Waals surface area contributed by atoms with Crippen molar-refractivity contribution in [3.05, 3.63) is 99.9 Å². The molecule has 52 heavy (non-hydrogen) atoms. The van der Waals surface area contributed by atoms with E-state index in [0.717, 1.165) is 37.1 Å². The van der Waals surface area contributed by atoms with Gasteiger partial charge in [0.15, 0.2) is 0 Å². The quantitative estimate of drug-likeness (QED) is 0.160. The number of halogens is 7. The molecule has 3 aliphatic rings. The molecule has 2 N–H and O–H groups in total. The number of nitrogens with zero attached hydrogens (tertiary/aromatic N) is 3. The minimum absolute atomic E-state index is 0.0165. The molecule has 2 unspecified atom stereocenters. The third-order valence-electron chi connectivity index (χ3n) is 10.1. The number of furan rings is 1. The van der Waals surface area contributed by atoms with E-state index in [2.05, 4.69) is 0 Å². The highest BCUT2D eigenvalue weighted by molar-refractivity contribution is 5.98. The van der Waals surface area contributed by atoms with Gasteiger partial charge in [-0.25, -0.2) is 4.39 Å². The van der Waals surface area contributed by atoms with Crippen LogP contribution in [0.3, 0.4) is 0 Å². The van der Waals surface area contributed by atoms with Crippen molar-refractivity contribution in [3.8, 4) is 5.75 Å². The number of fused-ring (bicyclic) bond motifs is 1. The summed E-state index contributed by atoms with van der Waals surface area (Å²) >= 11 is 0. The van der Waals surface area contributed by atoms with Gasteiger partial charge in [-0.2, -0.15) is 26.3 Å². The summed E-state index contributed by atoms with van der Waals surface area (Å²) < 4.78 is 114. The van der Waals surface area contributed by atoms with Gasteiger partial charge in [-0.15, -0.1) is 0 Å². The number of hydrogen-bond acceptors (Lipinski definition) is 7. The molecule has 1 saturated heterocycles. The van der Waals surface area contributed by atoms with Crippen molar-refractivity contribution in [3.63, 3.8) is 0 Å². The van der Waals surface area contributed by atoms with Crippen molar-refractivity contribution in [1.29, 1.82) is 0 Å². The Kier molecular flexibility index (Phi) is 10.7. The molecule has 4 heterocycles. The second-order valence-electron chi connectivity index (χ2n) is 13.5. The first-order chi connectivity index (χ1) is 24.6. The summed E-state index contributed by atoms with van der Waals surface area (Å²) in [5, 5.41) is 0. The van der Waals surface area contributed by atoms with Gasteiger partial charge in [-0.1, -0.05) is 31.5 Å². The highest BCUT2D eigenvalue weighted by Gasteiger charge is 2.54. The zero-order chi connectivity index (χ0) is 37.4. The van der Waals surface area contributed by atoms with E-state index in [1.165, 1.54) is 11.0 Å². The molecule has 1 amide bonds. The first-order valence-electron chi connectivity index (χ1n) is 17.3. The lowest BCUT2D eigenvalue weighted by molar-refractivity contribution is -0.153. The van der Waals surface area contributed by atoms with Crippen molar-refractivity contribution in [2.45, 2.75) is 82.8 Å². The van der Waals surface area contributed by atoms with Crippen LogP contribution in [0.25, 0.3) is 0 Å². The molecule has 1 spiro atoms. The van der Waals surface area contributed by atoms with E-state index in [1.54, 1.807) is 36.1 Å². The third kappa shape index (κ3) is 7.67. The van der Waals surface area contributed by atoms with Crippen molar-refractivity contribution < 1.29 is 49.4 Å². The molecule has 2 atom stereocenters. The minimum atomic E-state index is -4.83. The summed E-state index contributed by atoms with van der Waals surface area (Å²) in [6, 6.07) is 11.5. The number of benzene rings is 2. The monoisotopic (exact) mass is 738 g/mol. The summed E-state index contributed by atoms with van der Waals surface area (Å²) in [6.07, 6.45) is -7.90. The smallest absolute Gasteiger partial charge is 0.449 e. The average Bonchev–Trinajstić information content (AvgIpc) is 3.72. The maximum atomic E-state index is 15.2. The Balaban J connectivity index is 1.30. The Morgan fingerprint density at radius 3 is 2.38 bits per heavy atom. The number of unbranched alkanes of at least 4 members (excludes halogenated alkanes) is 1. The number of alkyl halides is 6. The van der Waals surface area contributed by atoms with Gasteiger partial charge in [0.25, 0.3) is 5.91 Å². The van der Waals surface area contributed by atoms with Crippen LogP contribution in [0.15, 0.2) is 70.3 Å². The van der Waals surface area contributed by atoms with Gasteiger partial charge in [0.2, 0.25) is 5.76 Å². The molecular formula is C37H41F7N4O4. The maximum absolute atomic E-state index is 15.2. The minimum Gasteiger partial charge on any atom is -0.494 e. The fourth-order valence-electron chi connectivity index (χ4n) is 7.27. The molecule has 15 heteroatoms. The van der Waals surface area contributed by atoms with Crippen LogP contribution in [0.5, 0.6) is 5.75 Å². The Bertz CT molecular complexity index is 1780. The molecular weight excluding hydrogens is 697 g/mol. The van der Waals surface area contributed by atoms with Crippen LogP contribution < -0.4 is 10.5 Å². The second-order valence-corrected chi connectivity index (χ2v) is 13.5. The van der Waals surface area contributed by atoms with E-state index in [1.807, 2.05) is 11.8 Å². The van der Waals surface area contributed by atoms with Crippen LogP contribution in [-0.2, 0) is 35.0 Å². The number of carbonyl (C=O) groups is 1. The second kappa shape index (κ2) is 14.7. The van der Waals surface area contributed by atoms with Gasteiger partial charge in [-0.3, -0.25) is 9.69 Å². The highest BCUT2D eigenvalue weighted by Crippen LogP contribution is 2.47. The molecule has 8 nitrogen and oxygen atoms in total. The van der Waals surface area contributed by atoms with Crippen LogP contribution in [0.2, 0.25) is 0 Å².